The molecule has 0 radical (unpaired) electrons. The predicted octanol–water partition coefficient (Wildman–Crippen LogP) is 2.32. The number of rotatable bonds is 12. The Morgan fingerprint density at radius 2 is 1.68 bits per heavy atom. The van der Waals surface area contributed by atoms with E-state index < -0.39 is 0 Å². The van der Waals surface area contributed by atoms with E-state index in [1.165, 1.54) is 0 Å². The second-order valence-corrected chi connectivity index (χ2v) is 6.09. The third-order valence-electron chi connectivity index (χ3n) is 2.45. The third-order valence-corrected chi connectivity index (χ3v) is 3.67. The van der Waals surface area contributed by atoms with E-state index in [-0.39, 0.29) is 11.9 Å². The quantitative estimate of drug-likeness (QED) is 0.443. The fourth-order valence-electron chi connectivity index (χ4n) is 1.36. The number of nitrogens with one attached hydrogen (secondary N) is 1. The summed E-state index contributed by atoms with van der Waals surface area (Å²) in [6.07, 6.45) is 7.83. The van der Waals surface area contributed by atoms with Gasteiger partial charge in [-0.25, -0.2) is 0 Å². The summed E-state index contributed by atoms with van der Waals surface area (Å²) in [5.41, 5.74) is 0. The van der Waals surface area contributed by atoms with Gasteiger partial charge in [0.15, 0.2) is 0 Å². The van der Waals surface area contributed by atoms with Gasteiger partial charge in [0.1, 0.15) is 0 Å². The summed E-state index contributed by atoms with van der Waals surface area (Å²) < 4.78 is 5.08. The maximum Gasteiger partial charge on any atom is 0.306 e. The number of hydrogen-bond acceptors (Lipinski definition) is 5. The summed E-state index contributed by atoms with van der Waals surface area (Å²) >= 11 is 3.32. The molecule has 0 unspecified atom stereocenters. The summed E-state index contributed by atoms with van der Waals surface area (Å²) in [7, 11) is 0. The molecule has 0 fully saturated rings. The lowest BCUT2D eigenvalue weighted by molar-refractivity contribution is -0.143. The summed E-state index contributed by atoms with van der Waals surface area (Å²) in [5, 5.41) is 2.88. The van der Waals surface area contributed by atoms with Crippen molar-refractivity contribution in [2.45, 2.75) is 32.1 Å². The Morgan fingerprint density at radius 1 is 1.00 bits per heavy atom. The van der Waals surface area contributed by atoms with Crippen LogP contribution in [0.4, 0.5) is 0 Å². The summed E-state index contributed by atoms with van der Waals surface area (Å²) in [6.45, 7) is 1.21. The van der Waals surface area contributed by atoms with Gasteiger partial charge in [0.25, 0.3) is 0 Å². The number of carbonyl (C=O) groups excluding carboxylic acids is 2. The van der Waals surface area contributed by atoms with E-state index in [9.17, 15) is 9.59 Å². The Morgan fingerprint density at radius 3 is 2.37 bits per heavy atom. The largest absolute Gasteiger partial charge is 0.466 e. The van der Waals surface area contributed by atoms with Crippen molar-refractivity contribution < 1.29 is 14.3 Å². The van der Waals surface area contributed by atoms with Gasteiger partial charge in [-0.15, -0.1) is 0 Å². The molecule has 4 nitrogen and oxygen atoms in total. The van der Waals surface area contributed by atoms with Crippen molar-refractivity contribution in [1.29, 1.82) is 0 Å². The number of unbranched alkanes of at least 4 members (excludes halogenated alkanes) is 2. The molecule has 0 aromatic rings. The Labute approximate surface area is 124 Å². The molecule has 0 atom stereocenters. The summed E-state index contributed by atoms with van der Waals surface area (Å²) in [5.74, 6) is 1.70. The minimum atomic E-state index is -0.111. The zero-order chi connectivity index (χ0) is 14.3. The molecule has 6 heteroatoms. The molecule has 0 aliphatic heterocycles. The Kier molecular flexibility index (Phi) is 13.8. The van der Waals surface area contributed by atoms with Gasteiger partial charge in [0.05, 0.1) is 13.0 Å². The van der Waals surface area contributed by atoms with Gasteiger partial charge < -0.3 is 10.1 Å². The van der Waals surface area contributed by atoms with E-state index >= 15 is 0 Å². The standard InChI is InChI=1S/C13H25NO3S2/c1-18-10-6-12(15)14-8-4-3-5-9-17-13(16)7-11-19-2/h3-11H2,1-2H3,(H,14,15). The highest BCUT2D eigenvalue weighted by Gasteiger charge is 2.02. The van der Waals surface area contributed by atoms with Gasteiger partial charge in [0, 0.05) is 24.5 Å². The number of carbonyl (C=O) groups is 2. The topological polar surface area (TPSA) is 55.4 Å². The minimum Gasteiger partial charge on any atom is -0.466 e. The van der Waals surface area contributed by atoms with Crippen molar-refractivity contribution >= 4 is 35.4 Å². The lowest BCUT2D eigenvalue weighted by Crippen LogP contribution is -2.24. The van der Waals surface area contributed by atoms with Crippen molar-refractivity contribution in [3.8, 4) is 0 Å². The molecule has 0 aliphatic rings. The highest BCUT2D eigenvalue weighted by Crippen LogP contribution is 2.00. The molecule has 0 bridgehead atoms. The normalized spacial score (nSPS) is 10.2. The van der Waals surface area contributed by atoms with Gasteiger partial charge in [-0.05, 0) is 31.8 Å². The zero-order valence-electron chi connectivity index (χ0n) is 11.9. The first-order chi connectivity index (χ1) is 9.20. The molecule has 0 aliphatic carbocycles. The van der Waals surface area contributed by atoms with Crippen LogP contribution in [0.25, 0.3) is 0 Å². The third kappa shape index (κ3) is 13.9. The molecule has 112 valence electrons. The highest BCUT2D eigenvalue weighted by molar-refractivity contribution is 7.98. The van der Waals surface area contributed by atoms with Gasteiger partial charge in [-0.2, -0.15) is 23.5 Å². The van der Waals surface area contributed by atoms with Crippen LogP contribution in [0.1, 0.15) is 32.1 Å². The average Bonchev–Trinajstić information content (AvgIpc) is 2.41. The SMILES string of the molecule is CSCCC(=O)NCCCCCOC(=O)CCSC. The highest BCUT2D eigenvalue weighted by atomic mass is 32.2. The molecular formula is C13H25NO3S2. The molecular weight excluding hydrogens is 282 g/mol. The first-order valence-corrected chi connectivity index (χ1v) is 9.39. The number of ether oxygens (including phenoxy) is 1. The molecule has 0 heterocycles. The average molecular weight is 307 g/mol. The van der Waals surface area contributed by atoms with E-state index in [1.54, 1.807) is 23.5 Å². The lowest BCUT2D eigenvalue weighted by atomic mass is 10.2. The van der Waals surface area contributed by atoms with Gasteiger partial charge >= 0.3 is 5.97 Å². The number of thioether (sulfide) groups is 2. The van der Waals surface area contributed by atoms with E-state index in [0.717, 1.165) is 30.8 Å². The monoisotopic (exact) mass is 307 g/mol. The van der Waals surface area contributed by atoms with Crippen molar-refractivity contribution in [3.63, 3.8) is 0 Å². The van der Waals surface area contributed by atoms with E-state index in [4.69, 9.17) is 4.74 Å². The van der Waals surface area contributed by atoms with Crippen molar-refractivity contribution in [2.24, 2.45) is 0 Å². The molecule has 0 spiro atoms. The van der Waals surface area contributed by atoms with Crippen LogP contribution in [-0.4, -0.2) is 49.0 Å². The summed E-state index contributed by atoms with van der Waals surface area (Å²) in [4.78, 5) is 22.5. The molecule has 0 aromatic heterocycles. The molecule has 19 heavy (non-hydrogen) atoms. The predicted molar refractivity (Wildman–Crippen MR) is 83.8 cm³/mol. The van der Waals surface area contributed by atoms with Crippen LogP contribution in [0.2, 0.25) is 0 Å². The Hall–Kier alpha value is -0.360. The summed E-state index contributed by atoms with van der Waals surface area (Å²) in [6, 6.07) is 0. The second kappa shape index (κ2) is 14.1. The molecule has 0 saturated carbocycles. The first kappa shape index (κ1) is 18.6. The van der Waals surface area contributed by atoms with Crippen molar-refractivity contribution in [2.75, 3.05) is 37.2 Å². The second-order valence-electron chi connectivity index (χ2n) is 4.12. The zero-order valence-corrected chi connectivity index (χ0v) is 13.5. The molecule has 0 saturated heterocycles. The van der Waals surface area contributed by atoms with Crippen LogP contribution in [0.15, 0.2) is 0 Å². The fourth-order valence-corrected chi connectivity index (χ4v) is 2.12. The minimum absolute atomic E-state index is 0.111. The first-order valence-electron chi connectivity index (χ1n) is 6.61. The smallest absolute Gasteiger partial charge is 0.306 e. The number of hydrogen-bond donors (Lipinski definition) is 1. The molecule has 0 aromatic carbocycles. The molecule has 1 amide bonds. The van der Waals surface area contributed by atoms with E-state index in [0.29, 0.717) is 26.0 Å². The van der Waals surface area contributed by atoms with E-state index in [1.807, 2.05) is 12.5 Å². The Bertz CT molecular complexity index is 226. The van der Waals surface area contributed by atoms with Gasteiger partial charge in [-0.3, -0.25) is 9.59 Å². The maximum absolute atomic E-state index is 11.3. The molecule has 0 rings (SSSR count). The lowest BCUT2D eigenvalue weighted by Gasteiger charge is -2.05. The van der Waals surface area contributed by atoms with E-state index in [2.05, 4.69) is 5.32 Å². The molecule has 1 N–H and O–H groups in total. The van der Waals surface area contributed by atoms with Gasteiger partial charge in [-0.1, -0.05) is 0 Å². The van der Waals surface area contributed by atoms with Crippen molar-refractivity contribution in [1.82, 2.24) is 5.32 Å². The van der Waals surface area contributed by atoms with Crippen LogP contribution in [0.3, 0.4) is 0 Å². The van der Waals surface area contributed by atoms with Crippen LogP contribution in [0, 0.1) is 0 Å². The number of esters is 1. The van der Waals surface area contributed by atoms with Crippen molar-refractivity contribution in [3.05, 3.63) is 0 Å². The van der Waals surface area contributed by atoms with Crippen LogP contribution in [0.5, 0.6) is 0 Å². The van der Waals surface area contributed by atoms with Crippen LogP contribution in [-0.2, 0) is 14.3 Å². The van der Waals surface area contributed by atoms with Crippen LogP contribution >= 0.6 is 23.5 Å². The van der Waals surface area contributed by atoms with Crippen LogP contribution < -0.4 is 5.32 Å². The number of amides is 1. The van der Waals surface area contributed by atoms with Gasteiger partial charge in [0.2, 0.25) is 5.91 Å². The Balaban J connectivity index is 3.22. The maximum atomic E-state index is 11.3. The fraction of sp³-hybridized carbons (Fsp3) is 0.846.